The summed E-state index contributed by atoms with van der Waals surface area (Å²) in [4.78, 5) is 0. The molecule has 0 fully saturated rings. The van der Waals surface area contributed by atoms with E-state index in [1.807, 2.05) is 0 Å². The highest BCUT2D eigenvalue weighted by Crippen LogP contribution is 2.40. The van der Waals surface area contributed by atoms with Crippen molar-refractivity contribution >= 4 is 11.6 Å². The minimum Gasteiger partial charge on any atom is -0.506 e. The first-order valence-electron chi connectivity index (χ1n) is 4.09. The maximum absolute atomic E-state index is 13.0. The number of rotatable bonds is 2. The van der Waals surface area contributed by atoms with Gasteiger partial charge < -0.3 is 15.9 Å². The number of nitrogens with two attached hydrogens (primary N) is 1. The number of phenolic OH excluding ortho intramolecular Hbond substituents is 2. The molecular formula is C9H11ClFNO2. The summed E-state index contributed by atoms with van der Waals surface area (Å²) >= 11 is 5.51. The molecule has 1 aromatic carbocycles. The Hall–Kier alpha value is -1.00. The van der Waals surface area contributed by atoms with Gasteiger partial charge in [-0.25, -0.2) is 4.39 Å². The summed E-state index contributed by atoms with van der Waals surface area (Å²) in [6, 6.07) is 1.04. The molecule has 3 nitrogen and oxygen atoms in total. The van der Waals surface area contributed by atoms with Crippen molar-refractivity contribution in [3.8, 4) is 11.5 Å². The van der Waals surface area contributed by atoms with Crippen LogP contribution in [0.15, 0.2) is 6.07 Å². The second-order valence-corrected chi connectivity index (χ2v) is 3.47. The van der Waals surface area contributed by atoms with Crippen LogP contribution >= 0.6 is 11.6 Å². The van der Waals surface area contributed by atoms with Crippen molar-refractivity contribution in [3.05, 3.63) is 22.5 Å². The van der Waals surface area contributed by atoms with E-state index in [4.69, 9.17) is 22.4 Å². The molecule has 0 aliphatic rings. The maximum Gasteiger partial charge on any atom is 0.174 e. The zero-order chi connectivity index (χ0) is 10.9. The summed E-state index contributed by atoms with van der Waals surface area (Å²) in [5.41, 5.74) is 5.67. The maximum atomic E-state index is 13.0. The van der Waals surface area contributed by atoms with E-state index in [-0.39, 0.29) is 23.2 Å². The van der Waals surface area contributed by atoms with Crippen LogP contribution in [0.4, 0.5) is 4.39 Å². The van der Waals surface area contributed by atoms with Gasteiger partial charge in [0.25, 0.3) is 0 Å². The Morgan fingerprint density at radius 1 is 1.50 bits per heavy atom. The van der Waals surface area contributed by atoms with E-state index in [9.17, 15) is 9.50 Å². The molecule has 14 heavy (non-hydrogen) atoms. The van der Waals surface area contributed by atoms with E-state index in [0.29, 0.717) is 5.56 Å². The summed E-state index contributed by atoms with van der Waals surface area (Å²) in [6.07, 6.45) is 0. The number of hydrogen-bond acceptors (Lipinski definition) is 3. The van der Waals surface area contributed by atoms with Gasteiger partial charge in [0.15, 0.2) is 11.6 Å². The number of hydrogen-bond donors (Lipinski definition) is 3. The number of halogens is 2. The fourth-order valence-electron chi connectivity index (χ4n) is 1.12. The number of phenols is 2. The lowest BCUT2D eigenvalue weighted by Crippen LogP contribution is -2.09. The molecule has 0 radical (unpaired) electrons. The van der Waals surface area contributed by atoms with Crippen LogP contribution in [0.2, 0.25) is 5.02 Å². The molecule has 0 spiro atoms. The predicted octanol–water partition coefficient (Wildman–Crippen LogP) is 1.95. The predicted molar refractivity (Wildman–Crippen MR) is 52.2 cm³/mol. The zero-order valence-electron chi connectivity index (χ0n) is 7.59. The van der Waals surface area contributed by atoms with Crippen LogP contribution in [0.1, 0.15) is 18.4 Å². The van der Waals surface area contributed by atoms with Gasteiger partial charge in [-0.2, -0.15) is 0 Å². The topological polar surface area (TPSA) is 66.5 Å². The van der Waals surface area contributed by atoms with Crippen molar-refractivity contribution in [1.29, 1.82) is 0 Å². The van der Waals surface area contributed by atoms with Gasteiger partial charge in [-0.05, 0) is 18.5 Å². The monoisotopic (exact) mass is 219 g/mol. The highest BCUT2D eigenvalue weighted by atomic mass is 35.5. The Balaban J connectivity index is 3.33. The van der Waals surface area contributed by atoms with Crippen LogP contribution in [0, 0.1) is 5.82 Å². The molecular weight excluding hydrogens is 209 g/mol. The van der Waals surface area contributed by atoms with E-state index in [0.717, 1.165) is 6.07 Å². The van der Waals surface area contributed by atoms with Gasteiger partial charge in [-0.15, -0.1) is 0 Å². The van der Waals surface area contributed by atoms with Crippen molar-refractivity contribution in [3.63, 3.8) is 0 Å². The summed E-state index contributed by atoms with van der Waals surface area (Å²) in [7, 11) is 0. The average Bonchev–Trinajstić information content (AvgIpc) is 2.19. The second kappa shape index (κ2) is 4.02. The summed E-state index contributed by atoms with van der Waals surface area (Å²) < 4.78 is 13.0. The molecule has 0 aliphatic heterocycles. The third-order valence-electron chi connectivity index (χ3n) is 2.08. The Morgan fingerprint density at radius 2 is 2.07 bits per heavy atom. The molecule has 4 N–H and O–H groups in total. The molecule has 0 saturated heterocycles. The SMILES string of the molecule is CC(CN)c1cc(F)c(O)c(Cl)c1O. The van der Waals surface area contributed by atoms with E-state index in [1.54, 1.807) is 6.92 Å². The molecule has 0 heterocycles. The highest BCUT2D eigenvalue weighted by Gasteiger charge is 2.18. The van der Waals surface area contributed by atoms with Crippen LogP contribution in [0.25, 0.3) is 0 Å². The first kappa shape index (κ1) is 11.1. The van der Waals surface area contributed by atoms with Crippen LogP contribution in [-0.2, 0) is 0 Å². The van der Waals surface area contributed by atoms with E-state index >= 15 is 0 Å². The Kier molecular flexibility index (Phi) is 3.18. The Morgan fingerprint density at radius 3 is 2.57 bits per heavy atom. The van der Waals surface area contributed by atoms with Crippen LogP contribution in [0.3, 0.4) is 0 Å². The largest absolute Gasteiger partial charge is 0.506 e. The van der Waals surface area contributed by atoms with E-state index in [2.05, 4.69) is 0 Å². The zero-order valence-corrected chi connectivity index (χ0v) is 8.35. The van der Waals surface area contributed by atoms with Crippen LogP contribution in [-0.4, -0.2) is 16.8 Å². The third kappa shape index (κ3) is 1.76. The molecule has 0 aliphatic carbocycles. The molecule has 1 aromatic rings. The van der Waals surface area contributed by atoms with Gasteiger partial charge in [0.2, 0.25) is 0 Å². The van der Waals surface area contributed by atoms with E-state index < -0.39 is 11.6 Å². The quantitative estimate of drug-likeness (QED) is 0.712. The van der Waals surface area contributed by atoms with Gasteiger partial charge >= 0.3 is 0 Å². The first-order chi connectivity index (χ1) is 6.49. The normalized spacial score (nSPS) is 12.9. The second-order valence-electron chi connectivity index (χ2n) is 3.10. The molecule has 78 valence electrons. The smallest absolute Gasteiger partial charge is 0.174 e. The van der Waals surface area contributed by atoms with Gasteiger partial charge in [-0.3, -0.25) is 0 Å². The van der Waals surface area contributed by atoms with Crippen molar-refractivity contribution in [2.45, 2.75) is 12.8 Å². The fraction of sp³-hybridized carbons (Fsp3) is 0.333. The van der Waals surface area contributed by atoms with Crippen molar-refractivity contribution < 1.29 is 14.6 Å². The number of aromatic hydroxyl groups is 2. The lowest BCUT2D eigenvalue weighted by atomic mass is 10.00. The minimum absolute atomic E-state index is 0.220. The Labute approximate surface area is 85.9 Å². The summed E-state index contributed by atoms with van der Waals surface area (Å²) in [5.74, 6) is -2.13. The van der Waals surface area contributed by atoms with E-state index in [1.165, 1.54) is 0 Å². The highest BCUT2D eigenvalue weighted by molar-refractivity contribution is 6.33. The minimum atomic E-state index is -0.858. The van der Waals surface area contributed by atoms with Crippen LogP contribution < -0.4 is 5.73 Å². The molecule has 0 amide bonds. The third-order valence-corrected chi connectivity index (χ3v) is 2.44. The molecule has 1 unspecified atom stereocenters. The first-order valence-corrected chi connectivity index (χ1v) is 4.46. The number of benzene rings is 1. The molecule has 0 aromatic heterocycles. The summed E-state index contributed by atoms with van der Waals surface area (Å²) in [6.45, 7) is 1.98. The molecule has 1 rings (SSSR count). The van der Waals surface area contributed by atoms with Crippen LogP contribution in [0.5, 0.6) is 11.5 Å². The van der Waals surface area contributed by atoms with Crippen molar-refractivity contribution in [2.24, 2.45) is 5.73 Å². The fourth-order valence-corrected chi connectivity index (χ4v) is 1.32. The molecule has 1 atom stereocenters. The van der Waals surface area contributed by atoms with Gasteiger partial charge in [0.1, 0.15) is 10.8 Å². The van der Waals surface area contributed by atoms with Gasteiger partial charge in [-0.1, -0.05) is 18.5 Å². The molecule has 0 bridgehead atoms. The lowest BCUT2D eigenvalue weighted by Gasteiger charge is -2.13. The molecule has 5 heteroatoms. The van der Waals surface area contributed by atoms with Crippen molar-refractivity contribution in [2.75, 3.05) is 6.54 Å². The van der Waals surface area contributed by atoms with Gasteiger partial charge in [0.05, 0.1) is 0 Å². The average molecular weight is 220 g/mol. The van der Waals surface area contributed by atoms with Crippen molar-refractivity contribution in [1.82, 2.24) is 0 Å². The molecule has 0 saturated carbocycles. The van der Waals surface area contributed by atoms with Gasteiger partial charge in [0, 0.05) is 5.56 Å². The Bertz CT molecular complexity index is 357. The lowest BCUT2D eigenvalue weighted by molar-refractivity contribution is 0.414. The summed E-state index contributed by atoms with van der Waals surface area (Å²) in [5, 5.41) is 18.2. The standard InChI is InChI=1S/C9H11ClFNO2/c1-4(3-12)5-2-6(11)9(14)7(10)8(5)13/h2,4,13-14H,3,12H2,1H3.